The van der Waals surface area contributed by atoms with Gasteiger partial charge in [0.15, 0.2) is 0 Å². The molecule has 1 aromatic heterocycles. The van der Waals surface area contributed by atoms with E-state index in [0.29, 0.717) is 6.04 Å². The number of rotatable bonds is 3. The highest BCUT2D eigenvalue weighted by atomic mass is 15.3. The van der Waals surface area contributed by atoms with Gasteiger partial charge in [0.25, 0.3) is 0 Å². The number of nitrogens with zero attached hydrogens (tertiary/aromatic N) is 4. The van der Waals surface area contributed by atoms with Gasteiger partial charge in [-0.15, -0.1) is 0 Å². The van der Waals surface area contributed by atoms with Crippen LogP contribution in [0.1, 0.15) is 17.2 Å². The van der Waals surface area contributed by atoms with Crippen LogP contribution in [0.5, 0.6) is 0 Å². The maximum atomic E-state index is 4.09. The van der Waals surface area contributed by atoms with Crippen LogP contribution in [0, 0.1) is 0 Å². The van der Waals surface area contributed by atoms with Crippen molar-refractivity contribution in [3.8, 4) is 0 Å². The van der Waals surface area contributed by atoms with Gasteiger partial charge in [0, 0.05) is 50.2 Å². The highest BCUT2D eigenvalue weighted by Crippen LogP contribution is 2.24. The van der Waals surface area contributed by atoms with E-state index in [0.717, 1.165) is 26.2 Å². The minimum Gasteiger partial charge on any atom is -0.297 e. The molecule has 0 spiro atoms. The van der Waals surface area contributed by atoms with Gasteiger partial charge >= 0.3 is 0 Å². The zero-order chi connectivity index (χ0) is 13.8. The standard InChI is InChI=1S/C16H20N4/c1-19-7-8-20(11-14-9-17-13-18-10-14)12-16(19)15-5-3-2-4-6-15/h2-6,9-10,13,16H,7-8,11-12H2,1H3. The van der Waals surface area contributed by atoms with E-state index < -0.39 is 0 Å². The second-order valence-corrected chi connectivity index (χ2v) is 5.39. The Balaban J connectivity index is 1.70. The van der Waals surface area contributed by atoms with Crippen molar-refractivity contribution < 1.29 is 0 Å². The van der Waals surface area contributed by atoms with Gasteiger partial charge in [-0.3, -0.25) is 9.80 Å². The first-order valence-corrected chi connectivity index (χ1v) is 7.04. The lowest BCUT2D eigenvalue weighted by atomic mass is 10.0. The lowest BCUT2D eigenvalue weighted by molar-refractivity contribution is 0.0903. The van der Waals surface area contributed by atoms with Crippen LogP contribution in [0.4, 0.5) is 0 Å². The maximum Gasteiger partial charge on any atom is 0.115 e. The fourth-order valence-electron chi connectivity index (χ4n) is 2.78. The topological polar surface area (TPSA) is 32.3 Å². The number of hydrogen-bond acceptors (Lipinski definition) is 4. The predicted octanol–water partition coefficient (Wildman–Crippen LogP) is 1.97. The molecule has 1 atom stereocenters. The second kappa shape index (κ2) is 6.11. The fraction of sp³-hybridized carbons (Fsp3) is 0.375. The van der Waals surface area contributed by atoms with Crippen molar-refractivity contribution >= 4 is 0 Å². The molecule has 0 radical (unpaired) electrons. The van der Waals surface area contributed by atoms with Gasteiger partial charge in [0.05, 0.1) is 0 Å². The van der Waals surface area contributed by atoms with E-state index in [2.05, 4.69) is 57.1 Å². The molecule has 1 aromatic carbocycles. The van der Waals surface area contributed by atoms with E-state index in [-0.39, 0.29) is 0 Å². The third-order valence-electron chi connectivity index (χ3n) is 3.94. The average molecular weight is 268 g/mol. The molecule has 0 saturated carbocycles. The Morgan fingerprint density at radius 3 is 2.60 bits per heavy atom. The Labute approximate surface area is 120 Å². The van der Waals surface area contributed by atoms with Crippen molar-refractivity contribution in [1.82, 2.24) is 19.8 Å². The maximum absolute atomic E-state index is 4.09. The molecule has 1 aliphatic heterocycles. The number of aromatic nitrogens is 2. The van der Waals surface area contributed by atoms with Gasteiger partial charge in [-0.05, 0) is 12.6 Å². The summed E-state index contributed by atoms with van der Waals surface area (Å²) in [5, 5.41) is 0. The third-order valence-corrected chi connectivity index (χ3v) is 3.94. The first kappa shape index (κ1) is 13.2. The van der Waals surface area contributed by atoms with E-state index in [1.807, 2.05) is 12.4 Å². The summed E-state index contributed by atoms with van der Waals surface area (Å²) < 4.78 is 0. The highest BCUT2D eigenvalue weighted by molar-refractivity contribution is 5.20. The molecule has 1 aliphatic rings. The Morgan fingerprint density at radius 2 is 1.85 bits per heavy atom. The summed E-state index contributed by atoms with van der Waals surface area (Å²) in [6.07, 6.45) is 5.39. The van der Waals surface area contributed by atoms with Gasteiger partial charge in [0.1, 0.15) is 6.33 Å². The van der Waals surface area contributed by atoms with Crippen LogP contribution in [-0.2, 0) is 6.54 Å². The molecule has 1 fully saturated rings. The van der Waals surface area contributed by atoms with Gasteiger partial charge in [-0.25, -0.2) is 9.97 Å². The molecule has 4 nitrogen and oxygen atoms in total. The average Bonchev–Trinajstić information content (AvgIpc) is 2.51. The van der Waals surface area contributed by atoms with Gasteiger partial charge in [-0.1, -0.05) is 30.3 Å². The molecular formula is C16H20N4. The molecule has 3 rings (SSSR count). The zero-order valence-electron chi connectivity index (χ0n) is 11.8. The largest absolute Gasteiger partial charge is 0.297 e. The van der Waals surface area contributed by atoms with Crippen LogP contribution in [-0.4, -0.2) is 46.4 Å². The summed E-state index contributed by atoms with van der Waals surface area (Å²) in [5.74, 6) is 0. The van der Waals surface area contributed by atoms with Crippen LogP contribution in [0.3, 0.4) is 0 Å². The first-order chi connectivity index (χ1) is 9.83. The minimum atomic E-state index is 0.467. The van der Waals surface area contributed by atoms with Crippen molar-refractivity contribution in [3.05, 3.63) is 60.2 Å². The smallest absolute Gasteiger partial charge is 0.115 e. The molecule has 0 bridgehead atoms. The van der Waals surface area contributed by atoms with Crippen LogP contribution in [0.2, 0.25) is 0 Å². The molecule has 2 heterocycles. The Kier molecular flexibility index (Phi) is 4.04. The number of piperazine rings is 1. The number of hydrogen-bond donors (Lipinski definition) is 0. The monoisotopic (exact) mass is 268 g/mol. The molecule has 0 aliphatic carbocycles. The van der Waals surface area contributed by atoms with E-state index in [1.54, 1.807) is 6.33 Å². The molecule has 104 valence electrons. The predicted molar refractivity (Wildman–Crippen MR) is 79.1 cm³/mol. The molecule has 1 saturated heterocycles. The van der Waals surface area contributed by atoms with Crippen LogP contribution in [0.25, 0.3) is 0 Å². The fourth-order valence-corrected chi connectivity index (χ4v) is 2.78. The summed E-state index contributed by atoms with van der Waals surface area (Å²) in [6.45, 7) is 4.16. The summed E-state index contributed by atoms with van der Waals surface area (Å²) >= 11 is 0. The first-order valence-electron chi connectivity index (χ1n) is 7.04. The molecule has 0 N–H and O–H groups in total. The molecule has 2 aromatic rings. The zero-order valence-corrected chi connectivity index (χ0v) is 11.8. The Morgan fingerprint density at radius 1 is 1.10 bits per heavy atom. The molecule has 4 heteroatoms. The number of benzene rings is 1. The van der Waals surface area contributed by atoms with Crippen LogP contribution >= 0.6 is 0 Å². The van der Waals surface area contributed by atoms with Crippen molar-refractivity contribution in [1.29, 1.82) is 0 Å². The highest BCUT2D eigenvalue weighted by Gasteiger charge is 2.25. The van der Waals surface area contributed by atoms with Crippen molar-refractivity contribution in [2.45, 2.75) is 12.6 Å². The van der Waals surface area contributed by atoms with Crippen molar-refractivity contribution in [2.24, 2.45) is 0 Å². The van der Waals surface area contributed by atoms with Crippen molar-refractivity contribution in [3.63, 3.8) is 0 Å². The van der Waals surface area contributed by atoms with E-state index in [9.17, 15) is 0 Å². The summed E-state index contributed by atoms with van der Waals surface area (Å²) in [7, 11) is 2.21. The minimum absolute atomic E-state index is 0.467. The van der Waals surface area contributed by atoms with E-state index in [1.165, 1.54) is 11.1 Å². The third kappa shape index (κ3) is 3.03. The molecular weight excluding hydrogens is 248 g/mol. The lowest BCUT2D eigenvalue weighted by Gasteiger charge is -2.39. The van der Waals surface area contributed by atoms with Gasteiger partial charge < -0.3 is 0 Å². The lowest BCUT2D eigenvalue weighted by Crippen LogP contribution is -2.46. The summed E-state index contributed by atoms with van der Waals surface area (Å²) in [5.41, 5.74) is 2.58. The normalized spacial score (nSPS) is 20.9. The van der Waals surface area contributed by atoms with E-state index >= 15 is 0 Å². The molecule has 0 amide bonds. The van der Waals surface area contributed by atoms with Crippen molar-refractivity contribution in [2.75, 3.05) is 26.7 Å². The Hall–Kier alpha value is -1.78. The summed E-state index contributed by atoms with van der Waals surface area (Å²) in [4.78, 5) is 13.1. The van der Waals surface area contributed by atoms with Crippen LogP contribution in [0.15, 0.2) is 49.1 Å². The van der Waals surface area contributed by atoms with E-state index in [4.69, 9.17) is 0 Å². The van der Waals surface area contributed by atoms with Crippen LogP contribution < -0.4 is 0 Å². The SMILES string of the molecule is CN1CCN(Cc2cncnc2)CC1c1ccccc1. The summed E-state index contributed by atoms with van der Waals surface area (Å²) in [6, 6.07) is 11.2. The Bertz CT molecular complexity index is 529. The number of likely N-dealkylation sites (N-methyl/N-ethyl adjacent to an activating group) is 1. The molecule has 20 heavy (non-hydrogen) atoms. The quantitative estimate of drug-likeness (QED) is 0.852. The van der Waals surface area contributed by atoms with Gasteiger partial charge in [0.2, 0.25) is 0 Å². The molecule has 1 unspecified atom stereocenters. The van der Waals surface area contributed by atoms with Gasteiger partial charge in [-0.2, -0.15) is 0 Å². The second-order valence-electron chi connectivity index (χ2n) is 5.39.